The molecule has 4 rings (SSSR count). The van der Waals surface area contributed by atoms with E-state index < -0.39 is 0 Å². The van der Waals surface area contributed by atoms with Crippen molar-refractivity contribution >= 4 is 23.4 Å². The molecular weight excluding hydrogens is 394 g/mol. The van der Waals surface area contributed by atoms with Gasteiger partial charge in [-0.1, -0.05) is 60.6 Å². The van der Waals surface area contributed by atoms with Crippen LogP contribution < -0.4 is 5.32 Å². The SMILES string of the molecule is CCc1ccc(NC(=O)CSc2nnc(-c3ccc(C)cc3)n2-n2cccc2)cc1. The third kappa shape index (κ3) is 4.46. The normalized spacial score (nSPS) is 10.9. The summed E-state index contributed by atoms with van der Waals surface area (Å²) in [5.41, 5.74) is 4.19. The maximum absolute atomic E-state index is 12.5. The van der Waals surface area contributed by atoms with Crippen molar-refractivity contribution < 1.29 is 4.79 Å². The quantitative estimate of drug-likeness (QED) is 0.444. The van der Waals surface area contributed by atoms with Gasteiger partial charge in [0, 0.05) is 23.6 Å². The minimum atomic E-state index is -0.0804. The van der Waals surface area contributed by atoms with Crippen LogP contribution in [0.5, 0.6) is 0 Å². The first-order chi connectivity index (χ1) is 14.6. The maximum atomic E-state index is 12.5. The fourth-order valence-corrected chi connectivity index (χ4v) is 3.79. The Bertz CT molecular complexity index is 1120. The van der Waals surface area contributed by atoms with Gasteiger partial charge in [-0.25, -0.2) is 4.68 Å². The van der Waals surface area contributed by atoms with E-state index in [0.29, 0.717) is 5.16 Å². The van der Waals surface area contributed by atoms with Crippen LogP contribution in [0.15, 0.2) is 78.2 Å². The highest BCUT2D eigenvalue weighted by atomic mass is 32.2. The van der Waals surface area contributed by atoms with E-state index in [9.17, 15) is 4.79 Å². The molecule has 2 aromatic carbocycles. The Morgan fingerprint density at radius 1 is 1.00 bits per heavy atom. The number of carbonyl (C=O) groups is 1. The number of nitrogens with one attached hydrogen (secondary N) is 1. The zero-order chi connectivity index (χ0) is 20.9. The van der Waals surface area contributed by atoms with E-state index in [0.717, 1.165) is 23.5 Å². The van der Waals surface area contributed by atoms with Crippen LogP contribution in [-0.2, 0) is 11.2 Å². The summed E-state index contributed by atoms with van der Waals surface area (Å²) in [6, 6.07) is 20.0. The molecule has 2 heterocycles. The molecule has 0 unspecified atom stereocenters. The lowest BCUT2D eigenvalue weighted by Gasteiger charge is -2.11. The summed E-state index contributed by atoms with van der Waals surface area (Å²) >= 11 is 1.36. The van der Waals surface area contributed by atoms with Crippen molar-refractivity contribution in [1.29, 1.82) is 0 Å². The zero-order valence-electron chi connectivity index (χ0n) is 16.9. The van der Waals surface area contributed by atoms with Gasteiger partial charge >= 0.3 is 0 Å². The van der Waals surface area contributed by atoms with Gasteiger partial charge in [-0.15, -0.1) is 10.2 Å². The van der Waals surface area contributed by atoms with Crippen LogP contribution >= 0.6 is 11.8 Å². The van der Waals surface area contributed by atoms with Crippen LogP contribution in [-0.4, -0.2) is 31.2 Å². The Labute approximate surface area is 179 Å². The lowest BCUT2D eigenvalue weighted by Crippen LogP contribution is -2.15. The fourth-order valence-electron chi connectivity index (χ4n) is 3.06. The van der Waals surface area contributed by atoms with Gasteiger partial charge in [0.15, 0.2) is 5.82 Å². The zero-order valence-corrected chi connectivity index (χ0v) is 17.8. The highest BCUT2D eigenvalue weighted by Crippen LogP contribution is 2.25. The van der Waals surface area contributed by atoms with Crippen molar-refractivity contribution in [3.05, 3.63) is 84.2 Å². The summed E-state index contributed by atoms with van der Waals surface area (Å²) in [5, 5.41) is 12.3. The smallest absolute Gasteiger partial charge is 0.234 e. The Kier molecular flexibility index (Phi) is 5.99. The Balaban J connectivity index is 1.52. The highest BCUT2D eigenvalue weighted by Gasteiger charge is 2.17. The minimum absolute atomic E-state index is 0.0804. The Hall–Kier alpha value is -3.32. The van der Waals surface area contributed by atoms with Crippen molar-refractivity contribution in [1.82, 2.24) is 19.5 Å². The van der Waals surface area contributed by atoms with Crippen LogP contribution in [0.2, 0.25) is 0 Å². The first-order valence-electron chi connectivity index (χ1n) is 9.81. The van der Waals surface area contributed by atoms with Crippen molar-refractivity contribution in [2.75, 3.05) is 11.1 Å². The molecule has 0 spiro atoms. The van der Waals surface area contributed by atoms with E-state index in [1.165, 1.54) is 22.9 Å². The minimum Gasteiger partial charge on any atom is -0.325 e. The van der Waals surface area contributed by atoms with Gasteiger partial charge in [-0.05, 0) is 43.2 Å². The Morgan fingerprint density at radius 3 is 2.37 bits per heavy atom. The molecule has 1 N–H and O–H groups in total. The number of benzene rings is 2. The summed E-state index contributed by atoms with van der Waals surface area (Å²) in [7, 11) is 0. The fraction of sp³-hybridized carbons (Fsp3) is 0.174. The molecular formula is C23H23N5OS. The third-order valence-corrected chi connectivity index (χ3v) is 5.64. The first-order valence-corrected chi connectivity index (χ1v) is 10.8. The second-order valence-corrected chi connectivity index (χ2v) is 7.88. The summed E-state index contributed by atoms with van der Waals surface area (Å²) in [4.78, 5) is 12.5. The average molecular weight is 418 g/mol. The van der Waals surface area contributed by atoms with Gasteiger partial charge in [0.25, 0.3) is 0 Å². The van der Waals surface area contributed by atoms with E-state index >= 15 is 0 Å². The van der Waals surface area contributed by atoms with Crippen molar-refractivity contribution in [3.63, 3.8) is 0 Å². The largest absolute Gasteiger partial charge is 0.325 e. The standard InChI is InChI=1S/C23H23N5OS/c1-3-18-8-12-20(13-9-18)24-21(29)16-30-23-26-25-22(19-10-6-17(2)7-11-19)28(23)27-14-4-5-15-27/h4-15H,3,16H2,1-2H3,(H,24,29). The number of nitrogens with zero attached hydrogens (tertiary/aromatic N) is 4. The monoisotopic (exact) mass is 417 g/mol. The Morgan fingerprint density at radius 2 is 1.70 bits per heavy atom. The van der Waals surface area contributed by atoms with Crippen LogP contribution in [0.1, 0.15) is 18.1 Å². The molecule has 0 aliphatic rings. The third-order valence-electron chi connectivity index (χ3n) is 4.72. The molecule has 6 nitrogen and oxygen atoms in total. The van der Waals surface area contributed by atoms with Crippen LogP contribution in [0.25, 0.3) is 11.4 Å². The van der Waals surface area contributed by atoms with Crippen LogP contribution in [0.3, 0.4) is 0 Å². The van der Waals surface area contributed by atoms with Gasteiger partial charge in [0.05, 0.1) is 5.75 Å². The number of thioether (sulfide) groups is 1. The maximum Gasteiger partial charge on any atom is 0.234 e. The number of hydrogen-bond donors (Lipinski definition) is 1. The van der Waals surface area contributed by atoms with E-state index in [1.807, 2.05) is 82.4 Å². The molecule has 0 bridgehead atoms. The van der Waals surface area contributed by atoms with Gasteiger partial charge in [0.1, 0.15) is 0 Å². The van der Waals surface area contributed by atoms with Gasteiger partial charge in [0.2, 0.25) is 11.1 Å². The molecule has 0 radical (unpaired) electrons. The summed E-state index contributed by atoms with van der Waals surface area (Å²) in [6.45, 7) is 4.16. The molecule has 0 aliphatic carbocycles. The summed E-state index contributed by atoms with van der Waals surface area (Å²) in [5.74, 6) is 0.885. The van der Waals surface area contributed by atoms with Gasteiger partial charge in [-0.3, -0.25) is 9.47 Å². The lowest BCUT2D eigenvalue weighted by atomic mass is 10.1. The molecule has 0 saturated carbocycles. The van der Waals surface area contributed by atoms with E-state index in [4.69, 9.17) is 0 Å². The summed E-state index contributed by atoms with van der Waals surface area (Å²) < 4.78 is 3.83. The topological polar surface area (TPSA) is 64.7 Å². The summed E-state index contributed by atoms with van der Waals surface area (Å²) in [6.07, 6.45) is 4.84. The molecule has 0 fully saturated rings. The molecule has 30 heavy (non-hydrogen) atoms. The van der Waals surface area contributed by atoms with Gasteiger partial charge < -0.3 is 5.32 Å². The van der Waals surface area contributed by atoms with Crippen molar-refractivity contribution in [2.45, 2.75) is 25.4 Å². The highest BCUT2D eigenvalue weighted by molar-refractivity contribution is 7.99. The molecule has 1 amide bonds. The number of hydrogen-bond acceptors (Lipinski definition) is 4. The molecule has 0 saturated heterocycles. The van der Waals surface area contributed by atoms with E-state index in [1.54, 1.807) is 0 Å². The van der Waals surface area contributed by atoms with Crippen molar-refractivity contribution in [3.8, 4) is 11.4 Å². The first kappa shape index (κ1) is 20.0. The molecule has 152 valence electrons. The van der Waals surface area contributed by atoms with Crippen LogP contribution in [0, 0.1) is 6.92 Å². The molecule has 7 heteroatoms. The second-order valence-electron chi connectivity index (χ2n) is 6.93. The van der Waals surface area contributed by atoms with Crippen molar-refractivity contribution in [2.24, 2.45) is 0 Å². The van der Waals surface area contributed by atoms with Crippen LogP contribution in [0.4, 0.5) is 5.69 Å². The van der Waals surface area contributed by atoms with Gasteiger partial charge in [-0.2, -0.15) is 0 Å². The number of aromatic nitrogens is 4. The molecule has 4 aromatic rings. The number of rotatable bonds is 7. The number of carbonyl (C=O) groups excluding carboxylic acids is 1. The number of aryl methyl sites for hydroxylation is 2. The average Bonchev–Trinajstić information content (AvgIpc) is 3.43. The van der Waals surface area contributed by atoms with E-state index in [2.05, 4.69) is 29.4 Å². The predicted octanol–water partition coefficient (Wildman–Crippen LogP) is 4.66. The molecule has 0 aliphatic heterocycles. The predicted molar refractivity (Wildman–Crippen MR) is 121 cm³/mol. The molecule has 0 atom stereocenters. The lowest BCUT2D eigenvalue weighted by molar-refractivity contribution is -0.113. The van der Waals surface area contributed by atoms with E-state index in [-0.39, 0.29) is 11.7 Å². The molecule has 2 aromatic heterocycles. The second kappa shape index (κ2) is 9.00. The number of anilines is 1. The number of amides is 1.